The van der Waals surface area contributed by atoms with Gasteiger partial charge < -0.3 is 5.11 Å². The summed E-state index contributed by atoms with van der Waals surface area (Å²) in [5, 5.41) is 19.2. The van der Waals surface area contributed by atoms with Crippen LogP contribution in [0.2, 0.25) is 0 Å². The number of hydrogen-bond acceptors (Lipinski definition) is 3. The normalized spacial score (nSPS) is 14.9. The van der Waals surface area contributed by atoms with Crippen LogP contribution in [-0.4, -0.2) is 20.1 Å². The van der Waals surface area contributed by atoms with Crippen molar-refractivity contribution >= 4 is 0 Å². The zero-order valence-electron chi connectivity index (χ0n) is 14.6. The predicted molar refractivity (Wildman–Crippen MR) is 94.7 cm³/mol. The molecule has 1 N–H and O–H groups in total. The lowest BCUT2D eigenvalue weighted by Crippen LogP contribution is -2.24. The summed E-state index contributed by atoms with van der Waals surface area (Å²) in [5.41, 5.74) is 2.27. The van der Waals surface area contributed by atoms with E-state index in [1.165, 1.54) is 12.1 Å². The van der Waals surface area contributed by atoms with Gasteiger partial charge in [-0.1, -0.05) is 41.6 Å². The first-order valence-electron chi connectivity index (χ1n) is 8.31. The Balaban J connectivity index is 1.83. The van der Waals surface area contributed by atoms with E-state index in [0.29, 0.717) is 12.1 Å². The van der Waals surface area contributed by atoms with Gasteiger partial charge in [0.2, 0.25) is 0 Å². The van der Waals surface area contributed by atoms with Gasteiger partial charge in [-0.05, 0) is 49.6 Å². The molecule has 0 aliphatic rings. The fourth-order valence-corrected chi connectivity index (χ4v) is 3.05. The van der Waals surface area contributed by atoms with Crippen LogP contribution in [0.3, 0.4) is 0 Å². The number of aliphatic hydroxyl groups is 1. The first kappa shape index (κ1) is 17.3. The van der Waals surface area contributed by atoms with Crippen LogP contribution in [0.15, 0.2) is 54.7 Å². The Morgan fingerprint density at radius 2 is 1.92 bits per heavy atom. The number of halogens is 1. The van der Waals surface area contributed by atoms with Gasteiger partial charge in [0.25, 0.3) is 0 Å². The van der Waals surface area contributed by atoms with Crippen molar-refractivity contribution in [3.63, 3.8) is 0 Å². The van der Waals surface area contributed by atoms with Crippen LogP contribution in [0.25, 0.3) is 0 Å². The lowest BCUT2D eigenvalue weighted by atomic mass is 9.94. The number of benzene rings is 2. The van der Waals surface area contributed by atoms with E-state index in [0.717, 1.165) is 16.7 Å². The summed E-state index contributed by atoms with van der Waals surface area (Å²) in [7, 11) is 0. The fourth-order valence-electron chi connectivity index (χ4n) is 3.05. The molecular weight excluding hydrogens is 317 g/mol. The van der Waals surface area contributed by atoms with Gasteiger partial charge in [0.1, 0.15) is 17.1 Å². The molecule has 0 amide bonds. The number of hydrogen-bond donors (Lipinski definition) is 1. The Hall–Kier alpha value is -2.53. The van der Waals surface area contributed by atoms with Crippen molar-refractivity contribution in [3.05, 3.63) is 82.9 Å². The van der Waals surface area contributed by atoms with Crippen molar-refractivity contribution in [2.24, 2.45) is 0 Å². The van der Waals surface area contributed by atoms with Gasteiger partial charge >= 0.3 is 0 Å². The van der Waals surface area contributed by atoms with E-state index in [1.54, 1.807) is 23.9 Å². The molecule has 0 saturated carbocycles. The summed E-state index contributed by atoms with van der Waals surface area (Å²) in [4.78, 5) is 0. The molecule has 3 rings (SSSR count). The van der Waals surface area contributed by atoms with Crippen molar-refractivity contribution < 1.29 is 9.50 Å². The Labute approximate surface area is 146 Å². The van der Waals surface area contributed by atoms with E-state index in [9.17, 15) is 9.50 Å². The lowest BCUT2D eigenvalue weighted by molar-refractivity contribution is 0.0529. The standard InChI is InChI=1S/C20H22FN3O/c1-14-11-17(21)9-10-18(14)15(2)24-13-19(22-23-24)20(3,25)12-16-7-5-4-6-8-16/h4-11,13,15,25H,12H2,1-3H3/t15-,20?/m0/s1. The molecular formula is C20H22FN3O. The van der Waals surface area contributed by atoms with Gasteiger partial charge in [-0.15, -0.1) is 5.10 Å². The van der Waals surface area contributed by atoms with Crippen LogP contribution >= 0.6 is 0 Å². The topological polar surface area (TPSA) is 50.9 Å². The second kappa shape index (κ2) is 6.76. The molecule has 4 nitrogen and oxygen atoms in total. The Morgan fingerprint density at radius 1 is 1.20 bits per heavy atom. The average Bonchev–Trinajstić information content (AvgIpc) is 3.06. The van der Waals surface area contributed by atoms with Crippen molar-refractivity contribution in [1.82, 2.24) is 15.0 Å². The smallest absolute Gasteiger partial charge is 0.123 e. The van der Waals surface area contributed by atoms with Crippen molar-refractivity contribution in [2.45, 2.75) is 38.8 Å². The van der Waals surface area contributed by atoms with E-state index < -0.39 is 5.60 Å². The van der Waals surface area contributed by atoms with Crippen LogP contribution in [-0.2, 0) is 12.0 Å². The molecule has 0 bridgehead atoms. The van der Waals surface area contributed by atoms with E-state index >= 15 is 0 Å². The summed E-state index contributed by atoms with van der Waals surface area (Å²) < 4.78 is 15.0. The number of aromatic nitrogens is 3. The molecule has 130 valence electrons. The third-order valence-electron chi connectivity index (χ3n) is 4.53. The minimum Gasteiger partial charge on any atom is -0.383 e. The van der Waals surface area contributed by atoms with Crippen LogP contribution in [0, 0.1) is 12.7 Å². The molecule has 25 heavy (non-hydrogen) atoms. The maximum atomic E-state index is 13.3. The largest absolute Gasteiger partial charge is 0.383 e. The second-order valence-corrected chi connectivity index (χ2v) is 6.70. The molecule has 0 aliphatic carbocycles. The zero-order chi connectivity index (χ0) is 18.0. The van der Waals surface area contributed by atoms with Gasteiger partial charge in [-0.25, -0.2) is 9.07 Å². The maximum Gasteiger partial charge on any atom is 0.123 e. The highest BCUT2D eigenvalue weighted by molar-refractivity contribution is 5.30. The lowest BCUT2D eigenvalue weighted by Gasteiger charge is -2.20. The molecule has 3 aromatic rings. The molecule has 0 spiro atoms. The predicted octanol–water partition coefficient (Wildman–Crippen LogP) is 3.79. The summed E-state index contributed by atoms with van der Waals surface area (Å²) in [6.07, 6.45) is 2.22. The van der Waals surface area contributed by atoms with Crippen LogP contribution < -0.4 is 0 Å². The first-order chi connectivity index (χ1) is 11.9. The highest BCUT2D eigenvalue weighted by atomic mass is 19.1. The summed E-state index contributed by atoms with van der Waals surface area (Å²) in [6, 6.07) is 14.4. The molecule has 0 saturated heterocycles. The Morgan fingerprint density at radius 3 is 2.60 bits per heavy atom. The monoisotopic (exact) mass is 339 g/mol. The Kier molecular flexibility index (Phi) is 4.68. The van der Waals surface area contributed by atoms with Gasteiger partial charge in [0, 0.05) is 6.42 Å². The van der Waals surface area contributed by atoms with E-state index in [1.807, 2.05) is 44.2 Å². The third-order valence-corrected chi connectivity index (χ3v) is 4.53. The van der Waals surface area contributed by atoms with Gasteiger partial charge in [-0.3, -0.25) is 0 Å². The van der Waals surface area contributed by atoms with Crippen LogP contribution in [0.5, 0.6) is 0 Å². The maximum absolute atomic E-state index is 13.3. The average molecular weight is 339 g/mol. The quantitative estimate of drug-likeness (QED) is 0.769. The third kappa shape index (κ3) is 3.77. The molecule has 1 heterocycles. The second-order valence-electron chi connectivity index (χ2n) is 6.70. The minimum absolute atomic E-state index is 0.102. The van der Waals surface area contributed by atoms with Crippen molar-refractivity contribution in [2.75, 3.05) is 0 Å². The molecule has 1 aromatic heterocycles. The Bertz CT molecular complexity index is 858. The molecule has 0 radical (unpaired) electrons. The van der Waals surface area contributed by atoms with Crippen molar-refractivity contribution in [3.8, 4) is 0 Å². The van der Waals surface area contributed by atoms with Crippen molar-refractivity contribution in [1.29, 1.82) is 0 Å². The summed E-state index contributed by atoms with van der Waals surface area (Å²) in [6.45, 7) is 5.59. The molecule has 5 heteroatoms. The highest BCUT2D eigenvalue weighted by Crippen LogP contribution is 2.26. The molecule has 2 atom stereocenters. The van der Waals surface area contributed by atoms with Gasteiger partial charge in [0.05, 0.1) is 12.2 Å². The zero-order valence-corrected chi connectivity index (χ0v) is 14.6. The highest BCUT2D eigenvalue weighted by Gasteiger charge is 2.28. The summed E-state index contributed by atoms with van der Waals surface area (Å²) in [5.74, 6) is -0.251. The van der Waals surface area contributed by atoms with Gasteiger partial charge in [0.15, 0.2) is 0 Å². The molecule has 1 unspecified atom stereocenters. The van der Waals surface area contributed by atoms with E-state index in [-0.39, 0.29) is 11.9 Å². The SMILES string of the molecule is Cc1cc(F)ccc1[C@H](C)n1cc(C(C)(O)Cc2ccccc2)nn1. The summed E-state index contributed by atoms with van der Waals surface area (Å²) >= 11 is 0. The number of rotatable bonds is 5. The number of nitrogens with zero attached hydrogens (tertiary/aromatic N) is 3. The van der Waals surface area contributed by atoms with E-state index in [2.05, 4.69) is 10.3 Å². The minimum atomic E-state index is -1.11. The molecule has 2 aromatic carbocycles. The van der Waals surface area contributed by atoms with Crippen LogP contribution in [0.4, 0.5) is 4.39 Å². The fraction of sp³-hybridized carbons (Fsp3) is 0.300. The van der Waals surface area contributed by atoms with E-state index in [4.69, 9.17) is 0 Å². The molecule has 0 fully saturated rings. The first-order valence-corrected chi connectivity index (χ1v) is 8.31. The van der Waals surface area contributed by atoms with Crippen LogP contribution in [0.1, 0.15) is 42.3 Å². The number of aryl methyl sites for hydroxylation is 1. The van der Waals surface area contributed by atoms with Gasteiger partial charge in [-0.2, -0.15) is 0 Å². The molecule has 0 aliphatic heterocycles.